The average molecular weight is 382 g/mol. The number of anilines is 1. The highest BCUT2D eigenvalue weighted by Crippen LogP contribution is 2.22. The van der Waals surface area contributed by atoms with Crippen LogP contribution in [0.1, 0.15) is 20.7 Å². The molecule has 0 atom stereocenters. The Balaban J connectivity index is 2.04. The van der Waals surface area contributed by atoms with E-state index in [2.05, 4.69) is 5.32 Å². The molecule has 0 radical (unpaired) electrons. The van der Waals surface area contributed by atoms with E-state index in [4.69, 9.17) is 10.5 Å². The van der Waals surface area contributed by atoms with E-state index in [1.165, 1.54) is 30.3 Å². The first-order chi connectivity index (χ1) is 11.7. The summed E-state index contributed by atoms with van der Waals surface area (Å²) in [5.74, 6) is -2.33. The predicted octanol–water partition coefficient (Wildman–Crippen LogP) is 1.05. The SMILES string of the molecule is CS(=O)(=O)c1ccccc1C(=O)OCC(=O)Nc1sccc1C(N)=O. The Hall–Kier alpha value is -2.72. The fraction of sp³-hybridized carbons (Fsp3) is 0.133. The van der Waals surface area contributed by atoms with Crippen molar-refractivity contribution in [1.29, 1.82) is 0 Å². The van der Waals surface area contributed by atoms with E-state index in [-0.39, 0.29) is 21.0 Å². The largest absolute Gasteiger partial charge is 0.452 e. The molecule has 0 aliphatic carbocycles. The number of hydrogen-bond acceptors (Lipinski definition) is 7. The highest BCUT2D eigenvalue weighted by molar-refractivity contribution is 7.90. The topological polar surface area (TPSA) is 133 Å². The van der Waals surface area contributed by atoms with Gasteiger partial charge in [0.1, 0.15) is 5.00 Å². The van der Waals surface area contributed by atoms with Crippen LogP contribution < -0.4 is 11.1 Å². The second-order valence-corrected chi connectivity index (χ2v) is 7.82. The molecule has 2 rings (SSSR count). The molecule has 8 nitrogen and oxygen atoms in total. The molecule has 0 spiro atoms. The third-order valence-corrected chi connectivity index (χ3v) is 5.01. The number of rotatable bonds is 6. The molecule has 0 aliphatic heterocycles. The third-order valence-electron chi connectivity index (χ3n) is 3.02. The number of amides is 2. The molecule has 25 heavy (non-hydrogen) atoms. The van der Waals surface area contributed by atoms with Gasteiger partial charge in [-0.15, -0.1) is 11.3 Å². The molecular formula is C15H14N2O6S2. The van der Waals surface area contributed by atoms with Gasteiger partial charge in [0.25, 0.3) is 11.8 Å². The van der Waals surface area contributed by atoms with Gasteiger partial charge in [-0.1, -0.05) is 12.1 Å². The second kappa shape index (κ2) is 7.45. The van der Waals surface area contributed by atoms with Crippen LogP contribution in [0.5, 0.6) is 0 Å². The predicted molar refractivity (Wildman–Crippen MR) is 91.3 cm³/mol. The first-order valence-electron chi connectivity index (χ1n) is 6.83. The maximum Gasteiger partial charge on any atom is 0.339 e. The number of nitrogens with two attached hydrogens (primary N) is 1. The van der Waals surface area contributed by atoms with Crippen LogP contribution in [0.4, 0.5) is 5.00 Å². The Bertz CT molecular complexity index is 933. The van der Waals surface area contributed by atoms with Crippen LogP contribution >= 0.6 is 11.3 Å². The van der Waals surface area contributed by atoms with Crippen molar-refractivity contribution in [3.8, 4) is 0 Å². The number of carbonyl (C=O) groups is 3. The highest BCUT2D eigenvalue weighted by atomic mass is 32.2. The van der Waals surface area contributed by atoms with E-state index in [0.717, 1.165) is 17.6 Å². The summed E-state index contributed by atoms with van der Waals surface area (Å²) in [6, 6.07) is 6.98. The van der Waals surface area contributed by atoms with Gasteiger partial charge in [0.2, 0.25) is 0 Å². The van der Waals surface area contributed by atoms with Crippen LogP contribution in [0.15, 0.2) is 40.6 Å². The number of hydrogen-bond donors (Lipinski definition) is 2. The van der Waals surface area contributed by atoms with Crippen LogP contribution in [0.25, 0.3) is 0 Å². The lowest BCUT2D eigenvalue weighted by Crippen LogP contribution is -2.23. The number of nitrogens with one attached hydrogen (secondary N) is 1. The van der Waals surface area contributed by atoms with Gasteiger partial charge >= 0.3 is 5.97 Å². The normalized spacial score (nSPS) is 10.9. The summed E-state index contributed by atoms with van der Waals surface area (Å²) in [4.78, 5) is 34.9. The first-order valence-corrected chi connectivity index (χ1v) is 9.60. The zero-order chi connectivity index (χ0) is 18.6. The van der Waals surface area contributed by atoms with Gasteiger partial charge < -0.3 is 15.8 Å². The van der Waals surface area contributed by atoms with Crippen molar-refractivity contribution in [2.45, 2.75) is 4.90 Å². The number of carbonyl (C=O) groups excluding carboxylic acids is 3. The Morgan fingerprint density at radius 1 is 1.16 bits per heavy atom. The fourth-order valence-electron chi connectivity index (χ4n) is 1.93. The molecule has 3 N–H and O–H groups in total. The molecule has 0 unspecified atom stereocenters. The lowest BCUT2D eigenvalue weighted by Gasteiger charge is -2.08. The van der Waals surface area contributed by atoms with E-state index in [1.807, 2.05) is 0 Å². The minimum Gasteiger partial charge on any atom is -0.452 e. The summed E-state index contributed by atoms with van der Waals surface area (Å²) in [5, 5.41) is 4.22. The van der Waals surface area contributed by atoms with Crippen molar-refractivity contribution in [2.75, 3.05) is 18.2 Å². The maximum absolute atomic E-state index is 12.1. The molecule has 1 heterocycles. The molecule has 0 saturated carbocycles. The van der Waals surface area contributed by atoms with Crippen molar-refractivity contribution in [3.05, 3.63) is 46.8 Å². The number of primary amides is 1. The molecule has 2 amide bonds. The lowest BCUT2D eigenvalue weighted by atomic mass is 10.2. The monoisotopic (exact) mass is 382 g/mol. The van der Waals surface area contributed by atoms with E-state index >= 15 is 0 Å². The van der Waals surface area contributed by atoms with Crippen LogP contribution in [0.2, 0.25) is 0 Å². The van der Waals surface area contributed by atoms with Gasteiger partial charge in [0, 0.05) is 6.26 Å². The van der Waals surface area contributed by atoms with Crippen molar-refractivity contribution in [3.63, 3.8) is 0 Å². The zero-order valence-electron chi connectivity index (χ0n) is 13.0. The summed E-state index contributed by atoms with van der Waals surface area (Å²) in [6.07, 6.45) is 0.966. The summed E-state index contributed by atoms with van der Waals surface area (Å²) in [5.41, 5.74) is 5.15. The first kappa shape index (κ1) is 18.6. The molecule has 1 aromatic carbocycles. The Kier molecular flexibility index (Phi) is 5.55. The fourth-order valence-corrected chi connectivity index (χ4v) is 3.62. The average Bonchev–Trinajstić information content (AvgIpc) is 3.00. The van der Waals surface area contributed by atoms with Crippen LogP contribution in [-0.2, 0) is 19.4 Å². The van der Waals surface area contributed by atoms with Gasteiger partial charge in [-0.3, -0.25) is 9.59 Å². The number of ether oxygens (including phenoxy) is 1. The molecular weight excluding hydrogens is 368 g/mol. The number of sulfone groups is 1. The molecule has 0 fully saturated rings. The Morgan fingerprint density at radius 3 is 2.48 bits per heavy atom. The molecule has 2 aromatic rings. The molecule has 0 aliphatic rings. The van der Waals surface area contributed by atoms with E-state index in [0.29, 0.717) is 0 Å². The van der Waals surface area contributed by atoms with Gasteiger partial charge in [-0.05, 0) is 23.6 Å². The van der Waals surface area contributed by atoms with Crippen LogP contribution in [0.3, 0.4) is 0 Å². The number of benzene rings is 1. The summed E-state index contributed by atoms with van der Waals surface area (Å²) in [6.45, 7) is -0.646. The van der Waals surface area contributed by atoms with Crippen molar-refractivity contribution < 1.29 is 27.5 Å². The molecule has 1 aromatic heterocycles. The molecule has 0 saturated heterocycles. The Morgan fingerprint density at radius 2 is 1.84 bits per heavy atom. The van der Waals surface area contributed by atoms with Gasteiger partial charge in [0.15, 0.2) is 16.4 Å². The number of esters is 1. The summed E-state index contributed by atoms with van der Waals surface area (Å²) < 4.78 is 28.2. The summed E-state index contributed by atoms with van der Waals surface area (Å²) in [7, 11) is -3.62. The summed E-state index contributed by atoms with van der Waals surface area (Å²) >= 11 is 1.09. The molecule has 132 valence electrons. The minimum absolute atomic E-state index is 0.145. The Labute approximate surface area is 147 Å². The lowest BCUT2D eigenvalue weighted by molar-refractivity contribution is -0.119. The van der Waals surface area contributed by atoms with Crippen molar-refractivity contribution in [1.82, 2.24) is 0 Å². The van der Waals surface area contributed by atoms with Gasteiger partial charge in [-0.2, -0.15) is 0 Å². The highest BCUT2D eigenvalue weighted by Gasteiger charge is 2.20. The van der Waals surface area contributed by atoms with Crippen molar-refractivity contribution >= 4 is 44.0 Å². The molecule has 0 bridgehead atoms. The van der Waals surface area contributed by atoms with E-state index in [9.17, 15) is 22.8 Å². The standard InChI is InChI=1S/C15H14N2O6S2/c1-25(21,22)11-5-3-2-4-9(11)15(20)23-8-12(18)17-14-10(13(16)19)6-7-24-14/h2-7H,8H2,1H3,(H2,16,19)(H,17,18). The van der Waals surface area contributed by atoms with Crippen molar-refractivity contribution in [2.24, 2.45) is 5.73 Å². The van der Waals surface area contributed by atoms with Crippen LogP contribution in [-0.4, -0.2) is 39.1 Å². The molecule has 10 heteroatoms. The second-order valence-electron chi connectivity index (χ2n) is 4.92. The van der Waals surface area contributed by atoms with Crippen LogP contribution in [0, 0.1) is 0 Å². The third kappa shape index (κ3) is 4.64. The zero-order valence-corrected chi connectivity index (χ0v) is 14.6. The number of thiophene rings is 1. The minimum atomic E-state index is -3.62. The quantitative estimate of drug-likeness (QED) is 0.718. The maximum atomic E-state index is 12.1. The van der Waals surface area contributed by atoms with Gasteiger partial charge in [0.05, 0.1) is 16.0 Å². The smallest absolute Gasteiger partial charge is 0.339 e. The van der Waals surface area contributed by atoms with E-state index < -0.39 is 34.2 Å². The van der Waals surface area contributed by atoms with E-state index in [1.54, 1.807) is 5.38 Å². The van der Waals surface area contributed by atoms with Gasteiger partial charge in [-0.25, -0.2) is 13.2 Å².